The molecule has 0 aliphatic heterocycles. The zero-order valence-electron chi connectivity index (χ0n) is 14.0. The Labute approximate surface area is 152 Å². The van der Waals surface area contributed by atoms with Crippen molar-refractivity contribution in [2.45, 2.75) is 6.92 Å². The van der Waals surface area contributed by atoms with E-state index < -0.39 is 10.8 Å². The van der Waals surface area contributed by atoms with Crippen LogP contribution in [0.5, 0.6) is 11.5 Å². The van der Waals surface area contributed by atoms with Crippen LogP contribution in [0.15, 0.2) is 36.4 Å². The maximum atomic E-state index is 12.1. The van der Waals surface area contributed by atoms with Crippen LogP contribution in [0.25, 0.3) is 10.2 Å². The van der Waals surface area contributed by atoms with Crippen LogP contribution in [-0.2, 0) is 4.79 Å². The number of ether oxygens (including phenoxy) is 2. The Morgan fingerprint density at radius 2 is 2.12 bits per heavy atom. The van der Waals surface area contributed by atoms with Gasteiger partial charge in [-0.2, -0.15) is 0 Å². The van der Waals surface area contributed by atoms with Crippen LogP contribution in [-0.4, -0.2) is 29.5 Å². The standard InChI is InChI=1S/C17H15N3O5S/c1-10-3-6-13(20(22)23)14(7-10)25-9-16(21)19-17-18-12-5-4-11(24-2)8-15(12)26-17/h3-8H,9H2,1-2H3,(H,18,19,21). The highest BCUT2D eigenvalue weighted by Gasteiger charge is 2.16. The van der Waals surface area contributed by atoms with E-state index in [2.05, 4.69) is 10.3 Å². The number of carbonyl (C=O) groups is 1. The number of benzene rings is 2. The Hall–Kier alpha value is -3.20. The summed E-state index contributed by atoms with van der Waals surface area (Å²) in [5.41, 5.74) is 1.35. The van der Waals surface area contributed by atoms with Gasteiger partial charge in [0.15, 0.2) is 17.5 Å². The second-order valence-electron chi connectivity index (χ2n) is 5.42. The number of carbonyl (C=O) groups excluding carboxylic acids is 1. The SMILES string of the molecule is COc1ccc2nc(NC(=O)COc3cc(C)ccc3[N+](=O)[O-])sc2c1. The van der Waals surface area contributed by atoms with Crippen LogP contribution in [0.3, 0.4) is 0 Å². The van der Waals surface area contributed by atoms with Crippen molar-refractivity contribution in [3.05, 3.63) is 52.1 Å². The van der Waals surface area contributed by atoms with E-state index in [9.17, 15) is 14.9 Å². The molecule has 0 atom stereocenters. The van der Waals surface area contributed by atoms with Gasteiger partial charge in [0, 0.05) is 6.07 Å². The highest BCUT2D eigenvalue weighted by Crippen LogP contribution is 2.30. The van der Waals surface area contributed by atoms with Gasteiger partial charge in [-0.3, -0.25) is 20.2 Å². The number of aryl methyl sites for hydroxylation is 1. The first kappa shape index (κ1) is 17.6. The van der Waals surface area contributed by atoms with E-state index in [1.165, 1.54) is 23.5 Å². The van der Waals surface area contributed by atoms with E-state index in [4.69, 9.17) is 9.47 Å². The summed E-state index contributed by atoms with van der Waals surface area (Å²) in [6, 6.07) is 9.90. The van der Waals surface area contributed by atoms with Crippen molar-refractivity contribution in [3.8, 4) is 11.5 Å². The number of nitro benzene ring substituents is 1. The quantitative estimate of drug-likeness (QED) is 0.523. The Kier molecular flexibility index (Phi) is 4.99. The molecule has 0 bridgehead atoms. The molecule has 8 nitrogen and oxygen atoms in total. The average Bonchev–Trinajstić information content (AvgIpc) is 3.00. The molecule has 0 unspecified atom stereocenters. The summed E-state index contributed by atoms with van der Waals surface area (Å²) < 4.78 is 11.4. The second kappa shape index (κ2) is 7.36. The predicted molar refractivity (Wildman–Crippen MR) is 98.1 cm³/mol. The molecule has 2 aromatic carbocycles. The predicted octanol–water partition coefficient (Wildman–Crippen LogP) is 3.54. The van der Waals surface area contributed by atoms with Crippen LogP contribution in [0, 0.1) is 17.0 Å². The number of nitrogens with zero attached hydrogens (tertiary/aromatic N) is 2. The Bertz CT molecular complexity index is 986. The highest BCUT2D eigenvalue weighted by molar-refractivity contribution is 7.22. The zero-order valence-corrected chi connectivity index (χ0v) is 14.8. The van der Waals surface area contributed by atoms with Crippen molar-refractivity contribution < 1.29 is 19.2 Å². The summed E-state index contributed by atoms with van der Waals surface area (Å²) in [5, 5.41) is 14.1. The van der Waals surface area contributed by atoms with Crippen molar-refractivity contribution in [1.29, 1.82) is 0 Å². The van der Waals surface area contributed by atoms with Gasteiger partial charge in [-0.25, -0.2) is 4.98 Å². The normalized spacial score (nSPS) is 10.5. The summed E-state index contributed by atoms with van der Waals surface area (Å²) in [6.07, 6.45) is 0. The lowest BCUT2D eigenvalue weighted by Crippen LogP contribution is -2.20. The smallest absolute Gasteiger partial charge is 0.310 e. The molecule has 0 saturated heterocycles. The summed E-state index contributed by atoms with van der Waals surface area (Å²) in [7, 11) is 1.58. The molecule has 9 heteroatoms. The molecule has 134 valence electrons. The minimum absolute atomic E-state index is 0.0548. The number of rotatable bonds is 6. The number of thiazole rings is 1. The Morgan fingerprint density at radius 1 is 1.31 bits per heavy atom. The van der Waals surface area contributed by atoms with E-state index in [-0.39, 0.29) is 18.0 Å². The highest BCUT2D eigenvalue weighted by atomic mass is 32.1. The van der Waals surface area contributed by atoms with Gasteiger partial charge in [-0.05, 0) is 36.8 Å². The van der Waals surface area contributed by atoms with E-state index in [0.717, 1.165) is 15.8 Å². The zero-order chi connectivity index (χ0) is 18.7. The van der Waals surface area contributed by atoms with Gasteiger partial charge in [0.25, 0.3) is 5.91 Å². The third-order valence-corrected chi connectivity index (χ3v) is 4.45. The number of hydrogen-bond acceptors (Lipinski definition) is 7. The van der Waals surface area contributed by atoms with Crippen molar-refractivity contribution in [2.75, 3.05) is 19.0 Å². The first-order valence-corrected chi connectivity index (χ1v) is 8.40. The van der Waals surface area contributed by atoms with Gasteiger partial charge in [0.1, 0.15) is 5.75 Å². The summed E-state index contributed by atoms with van der Waals surface area (Å²) in [4.78, 5) is 26.9. The van der Waals surface area contributed by atoms with Gasteiger partial charge >= 0.3 is 5.69 Å². The van der Waals surface area contributed by atoms with Crippen LogP contribution in [0.4, 0.5) is 10.8 Å². The fourth-order valence-electron chi connectivity index (χ4n) is 2.27. The molecule has 0 aliphatic carbocycles. The molecule has 1 heterocycles. The minimum Gasteiger partial charge on any atom is -0.497 e. The average molecular weight is 373 g/mol. The molecule has 0 spiro atoms. The monoisotopic (exact) mass is 373 g/mol. The number of amides is 1. The third kappa shape index (κ3) is 3.89. The van der Waals surface area contributed by atoms with Gasteiger partial charge in [0.05, 0.1) is 22.2 Å². The van der Waals surface area contributed by atoms with Gasteiger partial charge in [0.2, 0.25) is 0 Å². The van der Waals surface area contributed by atoms with E-state index in [1.54, 1.807) is 32.2 Å². The second-order valence-corrected chi connectivity index (χ2v) is 6.45. The maximum absolute atomic E-state index is 12.1. The molecule has 26 heavy (non-hydrogen) atoms. The summed E-state index contributed by atoms with van der Waals surface area (Å²) >= 11 is 1.30. The van der Waals surface area contributed by atoms with Crippen LogP contribution in [0.2, 0.25) is 0 Å². The molecule has 3 aromatic rings. The fraction of sp³-hybridized carbons (Fsp3) is 0.176. The van der Waals surface area contributed by atoms with Crippen molar-refractivity contribution in [1.82, 2.24) is 4.98 Å². The van der Waals surface area contributed by atoms with E-state index in [0.29, 0.717) is 10.9 Å². The van der Waals surface area contributed by atoms with Crippen molar-refractivity contribution >= 4 is 38.3 Å². The van der Waals surface area contributed by atoms with Gasteiger partial charge < -0.3 is 9.47 Å². The van der Waals surface area contributed by atoms with Crippen LogP contribution < -0.4 is 14.8 Å². The van der Waals surface area contributed by atoms with Gasteiger partial charge in [-0.15, -0.1) is 0 Å². The molecule has 0 saturated carbocycles. The molecular weight excluding hydrogens is 358 g/mol. The van der Waals surface area contributed by atoms with Crippen LogP contribution in [0.1, 0.15) is 5.56 Å². The van der Waals surface area contributed by atoms with E-state index in [1.807, 2.05) is 6.07 Å². The Balaban J connectivity index is 1.68. The third-order valence-electron chi connectivity index (χ3n) is 3.51. The molecule has 1 aromatic heterocycles. The molecular formula is C17H15N3O5S. The lowest BCUT2D eigenvalue weighted by Gasteiger charge is -2.07. The Morgan fingerprint density at radius 3 is 2.85 bits per heavy atom. The maximum Gasteiger partial charge on any atom is 0.310 e. The molecule has 1 N–H and O–H groups in total. The van der Waals surface area contributed by atoms with E-state index >= 15 is 0 Å². The lowest BCUT2D eigenvalue weighted by atomic mass is 10.2. The number of aromatic nitrogens is 1. The van der Waals surface area contributed by atoms with Crippen molar-refractivity contribution in [2.24, 2.45) is 0 Å². The number of fused-ring (bicyclic) bond motifs is 1. The molecule has 1 amide bonds. The molecule has 0 radical (unpaired) electrons. The fourth-order valence-corrected chi connectivity index (χ4v) is 3.18. The summed E-state index contributed by atoms with van der Waals surface area (Å²) in [5.74, 6) is 0.306. The molecule has 0 aliphatic rings. The van der Waals surface area contributed by atoms with Crippen LogP contribution >= 0.6 is 11.3 Å². The molecule has 3 rings (SSSR count). The number of nitrogens with one attached hydrogen (secondary N) is 1. The molecule has 0 fully saturated rings. The first-order chi connectivity index (χ1) is 12.5. The van der Waals surface area contributed by atoms with Crippen molar-refractivity contribution in [3.63, 3.8) is 0 Å². The number of nitro groups is 1. The number of anilines is 1. The summed E-state index contributed by atoms with van der Waals surface area (Å²) in [6.45, 7) is 1.43. The van der Waals surface area contributed by atoms with Gasteiger partial charge in [-0.1, -0.05) is 17.4 Å². The lowest BCUT2D eigenvalue weighted by molar-refractivity contribution is -0.385. The largest absolute Gasteiger partial charge is 0.497 e. The minimum atomic E-state index is -0.548. The first-order valence-electron chi connectivity index (χ1n) is 7.58. The topological polar surface area (TPSA) is 104 Å². The number of methoxy groups -OCH3 is 1. The number of hydrogen-bond donors (Lipinski definition) is 1.